The van der Waals surface area contributed by atoms with Crippen LogP contribution < -0.4 is 4.84 Å². The first-order valence-electron chi connectivity index (χ1n) is 6.57. The normalized spacial score (nSPS) is 14.5. The zero-order valence-electron chi connectivity index (χ0n) is 11.8. The van der Waals surface area contributed by atoms with Crippen molar-refractivity contribution in [2.45, 2.75) is 13.1 Å². The maximum atomic E-state index is 12.6. The van der Waals surface area contributed by atoms with Gasteiger partial charge in [0.1, 0.15) is 0 Å². The topological polar surface area (TPSA) is 38.8 Å². The van der Waals surface area contributed by atoms with Crippen molar-refractivity contribution in [2.75, 3.05) is 13.2 Å². The number of hydrogen-bond acceptors (Lipinski definition) is 4. The van der Waals surface area contributed by atoms with Gasteiger partial charge in [-0.2, -0.15) is 13.2 Å². The zero-order chi connectivity index (χ0) is 16.2. The van der Waals surface area contributed by atoms with Crippen LogP contribution in [0.2, 0.25) is 0 Å². The molecule has 0 fully saturated rings. The lowest BCUT2D eigenvalue weighted by Crippen LogP contribution is -2.27. The molecule has 0 radical (unpaired) electrons. The van der Waals surface area contributed by atoms with E-state index in [-0.39, 0.29) is 13.2 Å². The van der Waals surface area contributed by atoms with Crippen LogP contribution in [-0.4, -0.2) is 30.4 Å². The van der Waals surface area contributed by atoms with Gasteiger partial charge in [0.15, 0.2) is 5.75 Å². The maximum Gasteiger partial charge on any atom is 0.417 e. The summed E-state index contributed by atoms with van der Waals surface area (Å²) in [5.74, 6) is -0.143. The van der Waals surface area contributed by atoms with E-state index in [1.54, 1.807) is 6.92 Å². The number of alkyl halides is 3. The average molecular weight is 313 g/mol. The molecule has 0 spiro atoms. The molecule has 0 bridgehead atoms. The third-order valence-corrected chi connectivity index (χ3v) is 2.78. The minimum absolute atomic E-state index is 0.194. The first-order valence-corrected chi connectivity index (χ1v) is 6.57. The highest BCUT2D eigenvalue weighted by atomic mass is 19.4. The lowest BCUT2D eigenvalue weighted by molar-refractivity contribution is -0.0939. The molecule has 118 valence electrons. The van der Waals surface area contributed by atoms with E-state index < -0.39 is 17.7 Å². The van der Waals surface area contributed by atoms with Gasteiger partial charge >= 0.3 is 12.1 Å². The van der Waals surface area contributed by atoms with Crippen molar-refractivity contribution in [1.82, 2.24) is 5.06 Å². The van der Waals surface area contributed by atoms with E-state index in [2.05, 4.69) is 0 Å². The molecular weight excluding hydrogens is 299 g/mol. The molecule has 1 heterocycles. The van der Waals surface area contributed by atoms with Crippen molar-refractivity contribution in [1.29, 1.82) is 0 Å². The average Bonchev–Trinajstić information content (AvgIpc) is 2.48. The van der Waals surface area contributed by atoms with Crippen molar-refractivity contribution < 1.29 is 27.5 Å². The fourth-order valence-corrected chi connectivity index (χ4v) is 1.77. The summed E-state index contributed by atoms with van der Waals surface area (Å²) in [4.78, 5) is 16.8. The van der Waals surface area contributed by atoms with Crippen LogP contribution in [0.25, 0.3) is 0 Å². The van der Waals surface area contributed by atoms with Gasteiger partial charge < -0.3 is 9.57 Å². The van der Waals surface area contributed by atoms with E-state index in [0.29, 0.717) is 11.3 Å². The summed E-state index contributed by atoms with van der Waals surface area (Å²) in [6.45, 7) is 2.16. The molecule has 0 saturated heterocycles. The van der Waals surface area contributed by atoms with Gasteiger partial charge in [0.25, 0.3) is 0 Å². The molecule has 0 atom stereocenters. The molecule has 0 aliphatic carbocycles. The Morgan fingerprint density at radius 1 is 1.27 bits per heavy atom. The molecule has 1 aromatic carbocycles. The minimum Gasteiger partial charge on any atom is -0.462 e. The van der Waals surface area contributed by atoms with E-state index in [1.807, 2.05) is 0 Å². The summed E-state index contributed by atoms with van der Waals surface area (Å²) in [5, 5.41) is 1.07. The highest BCUT2D eigenvalue weighted by Crippen LogP contribution is 2.29. The molecule has 7 heteroatoms. The smallest absolute Gasteiger partial charge is 0.417 e. The highest BCUT2D eigenvalue weighted by Gasteiger charge is 2.33. The molecule has 22 heavy (non-hydrogen) atoms. The van der Waals surface area contributed by atoms with Crippen molar-refractivity contribution in [3.8, 4) is 5.75 Å². The Bertz CT molecular complexity index is 591. The lowest BCUT2D eigenvalue weighted by atomic mass is 10.2. The quantitative estimate of drug-likeness (QED) is 0.798. The number of allylic oxidation sites excluding steroid dienone is 2. The predicted octanol–water partition coefficient (Wildman–Crippen LogP) is 3.48. The van der Waals surface area contributed by atoms with E-state index in [4.69, 9.17) is 9.57 Å². The van der Waals surface area contributed by atoms with Crippen LogP contribution in [0, 0.1) is 0 Å². The van der Waals surface area contributed by atoms with Crippen molar-refractivity contribution in [3.05, 3.63) is 53.8 Å². The van der Waals surface area contributed by atoms with E-state index in [0.717, 1.165) is 17.3 Å². The number of hydrogen-bond donors (Lipinski definition) is 0. The summed E-state index contributed by atoms with van der Waals surface area (Å²) in [6.07, 6.45) is -1.18. The first-order chi connectivity index (χ1) is 10.4. The Hall–Kier alpha value is -2.44. The van der Waals surface area contributed by atoms with Gasteiger partial charge in [-0.1, -0.05) is 12.2 Å². The molecule has 1 aliphatic rings. The zero-order valence-corrected chi connectivity index (χ0v) is 11.8. The van der Waals surface area contributed by atoms with Crippen molar-refractivity contribution in [2.24, 2.45) is 0 Å². The molecule has 1 aliphatic heterocycles. The molecule has 0 unspecified atom stereocenters. The SMILES string of the molecule is CCOC(=O)c1ccc(ON2C=C(C(F)(F)F)C=CC2)cc1. The molecule has 2 rings (SSSR count). The molecule has 0 aromatic heterocycles. The summed E-state index contributed by atoms with van der Waals surface area (Å²) < 4.78 is 42.7. The predicted molar refractivity (Wildman–Crippen MR) is 73.0 cm³/mol. The summed E-state index contributed by atoms with van der Waals surface area (Å²) >= 11 is 0. The molecule has 0 saturated carbocycles. The van der Waals surface area contributed by atoms with Crippen LogP contribution >= 0.6 is 0 Å². The van der Waals surface area contributed by atoms with Gasteiger partial charge in [-0.25, -0.2) is 9.86 Å². The third-order valence-electron chi connectivity index (χ3n) is 2.78. The monoisotopic (exact) mass is 313 g/mol. The van der Waals surface area contributed by atoms with Gasteiger partial charge in [-0.15, -0.1) is 0 Å². The molecule has 4 nitrogen and oxygen atoms in total. The van der Waals surface area contributed by atoms with Crippen molar-refractivity contribution in [3.63, 3.8) is 0 Å². The highest BCUT2D eigenvalue weighted by molar-refractivity contribution is 5.89. The van der Waals surface area contributed by atoms with Crippen LogP contribution in [-0.2, 0) is 4.74 Å². The standard InChI is InChI=1S/C15H14F3NO3/c1-2-21-14(20)11-5-7-13(8-6-11)22-19-9-3-4-12(10-19)15(16,17)18/h3-8,10H,2,9H2,1H3. The van der Waals surface area contributed by atoms with Gasteiger partial charge in [0.2, 0.25) is 0 Å². The maximum absolute atomic E-state index is 12.6. The second kappa shape index (κ2) is 6.55. The molecule has 1 aromatic rings. The van der Waals surface area contributed by atoms with Gasteiger partial charge in [0.05, 0.1) is 30.5 Å². The third kappa shape index (κ3) is 4.03. The number of esters is 1. The number of halogens is 3. The van der Waals surface area contributed by atoms with Crippen LogP contribution in [0.15, 0.2) is 48.2 Å². The van der Waals surface area contributed by atoms with Crippen LogP contribution in [0.3, 0.4) is 0 Å². The summed E-state index contributed by atoms with van der Waals surface area (Å²) in [5.41, 5.74) is -0.443. The molecule has 0 N–H and O–H groups in total. The van der Waals surface area contributed by atoms with Gasteiger partial charge in [-0.05, 0) is 31.2 Å². The van der Waals surface area contributed by atoms with Crippen LogP contribution in [0.4, 0.5) is 13.2 Å². The minimum atomic E-state index is -4.42. The summed E-state index contributed by atoms with van der Waals surface area (Å²) in [6, 6.07) is 5.96. The van der Waals surface area contributed by atoms with Crippen molar-refractivity contribution >= 4 is 5.97 Å². The number of benzene rings is 1. The number of hydroxylamine groups is 2. The second-order valence-electron chi connectivity index (χ2n) is 4.42. The Morgan fingerprint density at radius 3 is 2.55 bits per heavy atom. The van der Waals surface area contributed by atoms with E-state index in [1.165, 1.54) is 30.3 Å². The van der Waals surface area contributed by atoms with Gasteiger partial charge in [-0.3, -0.25) is 0 Å². The van der Waals surface area contributed by atoms with Crippen LogP contribution in [0.5, 0.6) is 5.75 Å². The van der Waals surface area contributed by atoms with Gasteiger partial charge in [0, 0.05) is 0 Å². The number of ether oxygens (including phenoxy) is 1. The number of rotatable bonds is 4. The number of nitrogens with zero attached hydrogens (tertiary/aromatic N) is 1. The fraction of sp³-hybridized carbons (Fsp3) is 0.267. The Labute approximate surface area is 125 Å². The van der Waals surface area contributed by atoms with E-state index >= 15 is 0 Å². The lowest BCUT2D eigenvalue weighted by Gasteiger charge is -2.23. The largest absolute Gasteiger partial charge is 0.462 e. The van der Waals surface area contributed by atoms with Crippen LogP contribution in [0.1, 0.15) is 17.3 Å². The Morgan fingerprint density at radius 2 is 1.95 bits per heavy atom. The fourth-order valence-electron chi connectivity index (χ4n) is 1.77. The second-order valence-corrected chi connectivity index (χ2v) is 4.42. The number of carbonyl (C=O) groups is 1. The molecule has 0 amide bonds. The first kappa shape index (κ1) is 15.9. The number of carbonyl (C=O) groups excluding carboxylic acids is 1. The molecular formula is C15H14F3NO3. The Balaban J connectivity index is 2.04. The summed E-state index contributed by atoms with van der Waals surface area (Å²) in [7, 11) is 0. The van der Waals surface area contributed by atoms with E-state index in [9.17, 15) is 18.0 Å². The Kier molecular flexibility index (Phi) is 4.75.